The monoisotopic (exact) mass is 775 g/mol. The number of allylic oxidation sites excluding steroid dienone is 2. The van der Waals surface area contributed by atoms with E-state index in [1.54, 1.807) is 24.3 Å². The molecule has 0 radical (unpaired) electrons. The lowest BCUT2D eigenvalue weighted by atomic mass is 9.49. The summed E-state index contributed by atoms with van der Waals surface area (Å²) in [6.07, 6.45) is 2.21. The Bertz CT molecular complexity index is 2260. The molecule has 4 amide bonds. The zero-order valence-corrected chi connectivity index (χ0v) is 30.2. The molecule has 4 aromatic rings. The fourth-order valence-corrected chi connectivity index (χ4v) is 9.53. The number of carbonyl (C=O) groups excluding carboxylic acids is 4. The standard InChI is InChI=1S/C41H34BrN3O8/c1-21-11-13-25(14-12-21)43-45-37(48)30-20-29-27(15-16-28-33(29)38(49)44(36(28)47)26-10-6-7-22(17-26)39(50)51)34(23-18-31(42)35(46)32(19-23)53-2)41(30,40(45)52)24-8-4-3-5-9-24/h3-15,17-19,28-30,33-34,43,46H,16,20H2,1-2H3,(H,50,51). The number of ether oxygens (including phenoxy) is 1. The quantitative estimate of drug-likeness (QED) is 0.144. The third-order valence-electron chi connectivity index (χ3n) is 11.3. The number of amides is 4. The number of nitrogens with zero attached hydrogens (tertiary/aromatic N) is 2. The zero-order chi connectivity index (χ0) is 37.3. The first-order valence-corrected chi connectivity index (χ1v) is 18.0. The number of nitrogens with one attached hydrogen (secondary N) is 1. The van der Waals surface area contributed by atoms with Gasteiger partial charge in [0.25, 0.3) is 11.8 Å². The number of carboxylic acid groups (broad SMARTS) is 1. The van der Waals surface area contributed by atoms with Crippen molar-refractivity contribution in [1.29, 1.82) is 0 Å². The van der Waals surface area contributed by atoms with Gasteiger partial charge in [-0.3, -0.25) is 29.5 Å². The highest BCUT2D eigenvalue weighted by molar-refractivity contribution is 9.10. The van der Waals surface area contributed by atoms with E-state index in [1.807, 2.05) is 55.5 Å². The maximum absolute atomic E-state index is 15.3. The molecule has 4 aromatic carbocycles. The van der Waals surface area contributed by atoms with E-state index in [4.69, 9.17) is 4.74 Å². The van der Waals surface area contributed by atoms with Crippen molar-refractivity contribution in [3.63, 3.8) is 0 Å². The molecule has 0 aromatic heterocycles. The number of aryl methyl sites for hydroxylation is 1. The van der Waals surface area contributed by atoms with Crippen molar-refractivity contribution in [3.05, 3.63) is 129 Å². The second-order valence-electron chi connectivity index (χ2n) is 14.0. The van der Waals surface area contributed by atoms with Crippen molar-refractivity contribution < 1.29 is 38.9 Å². The second kappa shape index (κ2) is 12.7. The van der Waals surface area contributed by atoms with Gasteiger partial charge >= 0.3 is 5.97 Å². The van der Waals surface area contributed by atoms with Crippen LogP contribution in [-0.4, -0.2) is 51.9 Å². The molecular formula is C41H34BrN3O8. The van der Waals surface area contributed by atoms with E-state index in [1.165, 1.54) is 31.4 Å². The molecule has 268 valence electrons. The number of benzene rings is 4. The predicted octanol–water partition coefficient (Wildman–Crippen LogP) is 6.36. The number of aromatic carboxylic acids is 1. The third kappa shape index (κ3) is 5.10. The summed E-state index contributed by atoms with van der Waals surface area (Å²) in [5.41, 5.74) is 5.11. The summed E-state index contributed by atoms with van der Waals surface area (Å²) in [4.78, 5) is 71.7. The molecule has 0 spiro atoms. The first-order chi connectivity index (χ1) is 25.5. The van der Waals surface area contributed by atoms with Gasteiger partial charge in [0.15, 0.2) is 11.5 Å². The van der Waals surface area contributed by atoms with Crippen LogP contribution < -0.4 is 15.1 Å². The van der Waals surface area contributed by atoms with Gasteiger partial charge in [0.05, 0.1) is 51.7 Å². The summed E-state index contributed by atoms with van der Waals surface area (Å²) in [6, 6.07) is 25.5. The molecule has 11 nitrogen and oxygen atoms in total. The topological polar surface area (TPSA) is 154 Å². The number of hydrazine groups is 1. The fraction of sp³-hybridized carbons (Fsp3) is 0.244. The van der Waals surface area contributed by atoms with E-state index >= 15 is 4.79 Å². The minimum atomic E-state index is -1.51. The van der Waals surface area contributed by atoms with Crippen molar-refractivity contribution in [2.45, 2.75) is 31.1 Å². The van der Waals surface area contributed by atoms with Crippen LogP contribution in [0, 0.1) is 30.6 Å². The van der Waals surface area contributed by atoms with Crippen LogP contribution in [0.15, 0.2) is 107 Å². The number of phenolic OH excluding ortho intramolecular Hbond substituents is 1. The highest BCUT2D eigenvalue weighted by atomic mass is 79.9. The van der Waals surface area contributed by atoms with Gasteiger partial charge in [0, 0.05) is 5.92 Å². The summed E-state index contributed by atoms with van der Waals surface area (Å²) in [7, 11) is 1.42. The van der Waals surface area contributed by atoms with Crippen molar-refractivity contribution in [1.82, 2.24) is 5.01 Å². The Morgan fingerprint density at radius 3 is 2.34 bits per heavy atom. The molecule has 6 atom stereocenters. The van der Waals surface area contributed by atoms with Crippen LogP contribution in [0.4, 0.5) is 11.4 Å². The summed E-state index contributed by atoms with van der Waals surface area (Å²) in [5, 5.41) is 21.6. The Balaban J connectivity index is 1.33. The molecule has 53 heavy (non-hydrogen) atoms. The summed E-state index contributed by atoms with van der Waals surface area (Å²) in [5.74, 6) is -7.16. The molecule has 2 saturated heterocycles. The lowest BCUT2D eigenvalue weighted by Crippen LogP contribution is -2.53. The van der Waals surface area contributed by atoms with Gasteiger partial charge < -0.3 is 14.9 Å². The largest absolute Gasteiger partial charge is 0.503 e. The number of hydrogen-bond acceptors (Lipinski definition) is 8. The Morgan fingerprint density at radius 2 is 1.64 bits per heavy atom. The molecule has 8 rings (SSSR count). The summed E-state index contributed by atoms with van der Waals surface area (Å²) < 4.78 is 5.88. The van der Waals surface area contributed by atoms with E-state index in [0.717, 1.165) is 21.0 Å². The number of aromatic hydroxyl groups is 1. The van der Waals surface area contributed by atoms with Crippen molar-refractivity contribution in [3.8, 4) is 11.5 Å². The van der Waals surface area contributed by atoms with Crippen LogP contribution in [-0.2, 0) is 24.6 Å². The minimum absolute atomic E-state index is 0.0646. The Kier molecular flexibility index (Phi) is 8.25. The third-order valence-corrected chi connectivity index (χ3v) is 12.0. The molecule has 2 aliphatic heterocycles. The summed E-state index contributed by atoms with van der Waals surface area (Å²) in [6.45, 7) is 1.94. The number of methoxy groups -OCH3 is 1. The highest BCUT2D eigenvalue weighted by Gasteiger charge is 2.70. The normalized spacial score (nSPS) is 26.2. The number of anilines is 2. The molecule has 12 heteroatoms. The molecular weight excluding hydrogens is 742 g/mol. The molecule has 0 bridgehead atoms. The maximum Gasteiger partial charge on any atom is 0.335 e. The van der Waals surface area contributed by atoms with Gasteiger partial charge in [-0.1, -0.05) is 65.7 Å². The van der Waals surface area contributed by atoms with Crippen LogP contribution in [0.1, 0.15) is 45.8 Å². The lowest BCUT2D eigenvalue weighted by Gasteiger charge is -2.50. The molecule has 3 fully saturated rings. The number of fused-ring (bicyclic) bond motifs is 4. The maximum atomic E-state index is 15.3. The minimum Gasteiger partial charge on any atom is -0.503 e. The number of rotatable bonds is 7. The molecule has 2 aliphatic carbocycles. The van der Waals surface area contributed by atoms with Gasteiger partial charge in [0.2, 0.25) is 11.8 Å². The zero-order valence-electron chi connectivity index (χ0n) is 28.7. The summed E-state index contributed by atoms with van der Waals surface area (Å²) >= 11 is 3.47. The second-order valence-corrected chi connectivity index (χ2v) is 14.9. The number of imide groups is 2. The lowest BCUT2D eigenvalue weighted by molar-refractivity contribution is -0.138. The van der Waals surface area contributed by atoms with Gasteiger partial charge in [-0.15, -0.1) is 0 Å². The molecule has 6 unspecified atom stereocenters. The first kappa shape index (κ1) is 34.3. The van der Waals surface area contributed by atoms with E-state index in [9.17, 15) is 29.4 Å². The Labute approximate surface area is 313 Å². The SMILES string of the molecule is COc1cc(C2C3=CCC4C(=O)N(c5cccc(C(=O)O)c5)C(=O)C4C3CC3C(=O)N(Nc4ccc(C)cc4)C(=O)C32c2ccccc2)cc(Br)c1O. The number of phenols is 1. The van der Waals surface area contributed by atoms with Crippen LogP contribution in [0.3, 0.4) is 0 Å². The average molecular weight is 777 g/mol. The van der Waals surface area contributed by atoms with E-state index < -0.39 is 64.6 Å². The Morgan fingerprint density at radius 1 is 0.906 bits per heavy atom. The number of carboxylic acids is 1. The van der Waals surface area contributed by atoms with Gasteiger partial charge in [0.1, 0.15) is 0 Å². The van der Waals surface area contributed by atoms with Crippen molar-refractivity contribution in [2.75, 3.05) is 17.4 Å². The van der Waals surface area contributed by atoms with Gasteiger partial charge in [-0.25, -0.2) is 4.79 Å². The molecule has 4 aliphatic rings. The van der Waals surface area contributed by atoms with Gasteiger partial charge in [-0.2, -0.15) is 5.01 Å². The van der Waals surface area contributed by atoms with E-state index in [-0.39, 0.29) is 35.6 Å². The Hall–Kier alpha value is -5.75. The van der Waals surface area contributed by atoms with Crippen molar-refractivity contribution >= 4 is 56.9 Å². The van der Waals surface area contributed by atoms with Crippen LogP contribution in [0.2, 0.25) is 0 Å². The van der Waals surface area contributed by atoms with Crippen LogP contribution in [0.25, 0.3) is 0 Å². The number of hydrogen-bond donors (Lipinski definition) is 3. The molecule has 3 N–H and O–H groups in total. The van der Waals surface area contributed by atoms with Crippen molar-refractivity contribution in [2.24, 2.45) is 23.7 Å². The van der Waals surface area contributed by atoms with E-state index in [2.05, 4.69) is 21.4 Å². The number of halogens is 1. The van der Waals surface area contributed by atoms with Crippen LogP contribution >= 0.6 is 15.9 Å². The highest BCUT2D eigenvalue weighted by Crippen LogP contribution is 2.64. The van der Waals surface area contributed by atoms with Gasteiger partial charge in [-0.05, 0) is 95.2 Å². The van der Waals surface area contributed by atoms with E-state index in [0.29, 0.717) is 21.3 Å². The predicted molar refractivity (Wildman–Crippen MR) is 197 cm³/mol. The van der Waals surface area contributed by atoms with Crippen LogP contribution in [0.5, 0.6) is 11.5 Å². The average Bonchev–Trinajstić information content (AvgIpc) is 3.54. The number of carbonyl (C=O) groups is 5. The molecule has 2 heterocycles. The smallest absolute Gasteiger partial charge is 0.335 e. The molecule has 1 saturated carbocycles. The first-order valence-electron chi connectivity index (χ1n) is 17.2. The fourth-order valence-electron chi connectivity index (χ4n) is 9.07.